The molecule has 0 saturated heterocycles. The molecule has 84 valence electrons. The lowest BCUT2D eigenvalue weighted by Crippen LogP contribution is -2.23. The van der Waals surface area contributed by atoms with Crippen LogP contribution in [0.25, 0.3) is 0 Å². The molecule has 0 fully saturated rings. The summed E-state index contributed by atoms with van der Waals surface area (Å²) in [5, 5.41) is 0. The zero-order valence-electron chi connectivity index (χ0n) is 9.70. The van der Waals surface area contributed by atoms with Gasteiger partial charge in [-0.05, 0) is 19.3 Å². The van der Waals surface area contributed by atoms with Crippen molar-refractivity contribution in [1.29, 1.82) is 0 Å². The van der Waals surface area contributed by atoms with Crippen LogP contribution in [0.1, 0.15) is 19.3 Å². The van der Waals surface area contributed by atoms with Gasteiger partial charge in [-0.2, -0.15) is 0 Å². The third kappa shape index (κ3) is 9.23. The van der Waals surface area contributed by atoms with Gasteiger partial charge in [0.05, 0.1) is 0 Å². The summed E-state index contributed by atoms with van der Waals surface area (Å²) >= 11 is 0. The maximum absolute atomic E-state index is 3.74. The Kier molecular flexibility index (Phi) is 10.2. The topological polar surface area (TPSA) is 3.24 Å². The summed E-state index contributed by atoms with van der Waals surface area (Å²) in [6.07, 6.45) is 13.7. The molecular formula is C14H23N. The lowest BCUT2D eigenvalue weighted by atomic mass is 10.2. The standard InChI is InChI=1S/C14H23N/c1-4-7-8-9-10-11-14-15(12-5-2)13-6-3/h4-6,10-11H,1-3,7-9,12-14H2. The minimum Gasteiger partial charge on any atom is -0.292 e. The fourth-order valence-corrected chi connectivity index (χ4v) is 1.31. The Labute approximate surface area is 94.5 Å². The van der Waals surface area contributed by atoms with Crippen LogP contribution in [-0.2, 0) is 0 Å². The molecule has 0 radical (unpaired) electrons. The maximum Gasteiger partial charge on any atom is 0.0169 e. The fraction of sp³-hybridized carbons (Fsp3) is 0.429. The van der Waals surface area contributed by atoms with Crippen molar-refractivity contribution >= 4 is 0 Å². The molecule has 0 N–H and O–H groups in total. The summed E-state index contributed by atoms with van der Waals surface area (Å²) in [6.45, 7) is 14.0. The molecule has 0 heterocycles. The summed E-state index contributed by atoms with van der Waals surface area (Å²) in [4.78, 5) is 2.28. The van der Waals surface area contributed by atoms with Crippen molar-refractivity contribution in [3.05, 3.63) is 50.1 Å². The molecule has 0 bridgehead atoms. The van der Waals surface area contributed by atoms with E-state index in [0.717, 1.165) is 32.5 Å². The second-order valence-corrected chi connectivity index (χ2v) is 3.49. The van der Waals surface area contributed by atoms with Gasteiger partial charge in [-0.1, -0.05) is 30.4 Å². The Bertz CT molecular complexity index is 193. The molecule has 0 unspecified atom stereocenters. The average molecular weight is 205 g/mol. The van der Waals surface area contributed by atoms with E-state index in [4.69, 9.17) is 0 Å². The van der Waals surface area contributed by atoms with Crippen LogP contribution in [0.3, 0.4) is 0 Å². The number of unbranched alkanes of at least 4 members (excludes halogenated alkanes) is 2. The Morgan fingerprint density at radius 2 is 1.40 bits per heavy atom. The van der Waals surface area contributed by atoms with Crippen LogP contribution in [0.2, 0.25) is 0 Å². The van der Waals surface area contributed by atoms with E-state index in [0.29, 0.717) is 0 Å². The van der Waals surface area contributed by atoms with E-state index in [1.807, 2.05) is 18.2 Å². The van der Waals surface area contributed by atoms with E-state index in [1.54, 1.807) is 0 Å². The predicted octanol–water partition coefficient (Wildman–Crippen LogP) is 3.57. The molecule has 0 aliphatic rings. The Hall–Kier alpha value is -1.08. The molecule has 0 aromatic rings. The van der Waals surface area contributed by atoms with Crippen molar-refractivity contribution in [2.24, 2.45) is 0 Å². The lowest BCUT2D eigenvalue weighted by molar-refractivity contribution is 0.373. The smallest absolute Gasteiger partial charge is 0.0169 e. The monoisotopic (exact) mass is 205 g/mol. The molecule has 1 heteroatoms. The van der Waals surface area contributed by atoms with Crippen LogP contribution in [0.5, 0.6) is 0 Å². The van der Waals surface area contributed by atoms with E-state index in [-0.39, 0.29) is 0 Å². The van der Waals surface area contributed by atoms with Crippen molar-refractivity contribution in [3.8, 4) is 0 Å². The minimum atomic E-state index is 0.920. The van der Waals surface area contributed by atoms with Crippen LogP contribution >= 0.6 is 0 Å². The van der Waals surface area contributed by atoms with Gasteiger partial charge in [-0.15, -0.1) is 19.7 Å². The molecule has 0 rings (SSSR count). The highest BCUT2D eigenvalue weighted by molar-refractivity contribution is 4.89. The zero-order valence-corrected chi connectivity index (χ0v) is 9.70. The number of hydrogen-bond donors (Lipinski definition) is 0. The molecule has 0 spiro atoms. The van der Waals surface area contributed by atoms with Gasteiger partial charge in [0.25, 0.3) is 0 Å². The van der Waals surface area contributed by atoms with Crippen LogP contribution in [-0.4, -0.2) is 24.5 Å². The highest BCUT2D eigenvalue weighted by atomic mass is 15.1. The number of rotatable bonds is 10. The maximum atomic E-state index is 3.74. The van der Waals surface area contributed by atoms with Crippen LogP contribution in [0, 0.1) is 0 Å². The van der Waals surface area contributed by atoms with E-state index in [2.05, 4.69) is 36.8 Å². The first-order valence-corrected chi connectivity index (χ1v) is 5.55. The Balaban J connectivity index is 3.62. The molecule has 0 aliphatic carbocycles. The SMILES string of the molecule is C=CCCCC=CCN(CC=C)CC=C. The van der Waals surface area contributed by atoms with Gasteiger partial charge < -0.3 is 0 Å². The molecule has 0 aliphatic heterocycles. The van der Waals surface area contributed by atoms with Crippen LogP contribution in [0.4, 0.5) is 0 Å². The van der Waals surface area contributed by atoms with Gasteiger partial charge in [-0.3, -0.25) is 4.90 Å². The van der Waals surface area contributed by atoms with E-state index < -0.39 is 0 Å². The summed E-state index contributed by atoms with van der Waals surface area (Å²) < 4.78 is 0. The van der Waals surface area contributed by atoms with Gasteiger partial charge >= 0.3 is 0 Å². The summed E-state index contributed by atoms with van der Waals surface area (Å²) in [7, 11) is 0. The quantitative estimate of drug-likeness (QED) is 0.389. The summed E-state index contributed by atoms with van der Waals surface area (Å²) in [5.41, 5.74) is 0. The van der Waals surface area contributed by atoms with Crippen molar-refractivity contribution in [3.63, 3.8) is 0 Å². The molecule has 1 nitrogen and oxygen atoms in total. The van der Waals surface area contributed by atoms with Gasteiger partial charge in [0.2, 0.25) is 0 Å². The lowest BCUT2D eigenvalue weighted by Gasteiger charge is -2.15. The molecular weight excluding hydrogens is 182 g/mol. The number of allylic oxidation sites excluding steroid dienone is 2. The molecule has 15 heavy (non-hydrogen) atoms. The van der Waals surface area contributed by atoms with Gasteiger partial charge in [-0.25, -0.2) is 0 Å². The Morgan fingerprint density at radius 3 is 1.93 bits per heavy atom. The van der Waals surface area contributed by atoms with Gasteiger partial charge in [0, 0.05) is 19.6 Å². The highest BCUT2D eigenvalue weighted by Crippen LogP contribution is 1.97. The molecule has 0 atom stereocenters. The third-order valence-electron chi connectivity index (χ3n) is 2.08. The van der Waals surface area contributed by atoms with E-state index in [1.165, 1.54) is 6.42 Å². The third-order valence-corrected chi connectivity index (χ3v) is 2.08. The average Bonchev–Trinajstić information content (AvgIpc) is 2.24. The highest BCUT2D eigenvalue weighted by Gasteiger charge is 1.95. The second kappa shape index (κ2) is 11.0. The van der Waals surface area contributed by atoms with Gasteiger partial charge in [0.1, 0.15) is 0 Å². The predicted molar refractivity (Wildman–Crippen MR) is 70.0 cm³/mol. The summed E-state index contributed by atoms with van der Waals surface area (Å²) in [5.74, 6) is 0. The first-order valence-electron chi connectivity index (χ1n) is 5.55. The summed E-state index contributed by atoms with van der Waals surface area (Å²) in [6, 6.07) is 0. The normalized spacial score (nSPS) is 10.7. The van der Waals surface area contributed by atoms with Crippen molar-refractivity contribution in [2.45, 2.75) is 19.3 Å². The van der Waals surface area contributed by atoms with E-state index >= 15 is 0 Å². The molecule has 0 aromatic carbocycles. The van der Waals surface area contributed by atoms with Gasteiger partial charge in [0.15, 0.2) is 0 Å². The fourth-order valence-electron chi connectivity index (χ4n) is 1.31. The Morgan fingerprint density at radius 1 is 0.733 bits per heavy atom. The van der Waals surface area contributed by atoms with Crippen molar-refractivity contribution in [1.82, 2.24) is 4.90 Å². The first kappa shape index (κ1) is 13.9. The molecule has 0 saturated carbocycles. The zero-order chi connectivity index (χ0) is 11.4. The van der Waals surface area contributed by atoms with Crippen LogP contribution < -0.4 is 0 Å². The van der Waals surface area contributed by atoms with E-state index in [9.17, 15) is 0 Å². The minimum absolute atomic E-state index is 0.920. The second-order valence-electron chi connectivity index (χ2n) is 3.49. The number of nitrogens with zero attached hydrogens (tertiary/aromatic N) is 1. The number of hydrogen-bond acceptors (Lipinski definition) is 1. The van der Waals surface area contributed by atoms with Crippen LogP contribution in [0.15, 0.2) is 50.1 Å². The van der Waals surface area contributed by atoms with Crippen molar-refractivity contribution in [2.75, 3.05) is 19.6 Å². The first-order chi connectivity index (χ1) is 7.35. The van der Waals surface area contributed by atoms with Crippen molar-refractivity contribution < 1.29 is 0 Å². The largest absolute Gasteiger partial charge is 0.292 e. The molecule has 0 amide bonds. The molecule has 0 aromatic heterocycles.